The third-order valence-electron chi connectivity index (χ3n) is 5.08. The molecule has 140 valence electrons. The number of hydrogen-bond donors (Lipinski definition) is 2. The Balaban J connectivity index is 2.16. The Labute approximate surface area is 150 Å². The second-order valence-electron chi connectivity index (χ2n) is 7.12. The average molecular weight is 368 g/mol. The van der Waals surface area contributed by atoms with Gasteiger partial charge in [0.15, 0.2) is 14.6 Å². The minimum Gasteiger partial charge on any atom is -0.353 e. The number of likely N-dealkylation sites (N-methyl/N-ethyl adjacent to an activating group) is 1. The summed E-state index contributed by atoms with van der Waals surface area (Å²) in [6, 6.07) is 8.16. The lowest BCUT2D eigenvalue weighted by Gasteiger charge is -2.35. The van der Waals surface area contributed by atoms with E-state index in [1.807, 2.05) is 50.2 Å². The van der Waals surface area contributed by atoms with Crippen LogP contribution in [-0.4, -0.2) is 64.0 Å². The number of aryl methyl sites for hydroxylation is 1. The van der Waals surface area contributed by atoms with Crippen LogP contribution in [0.25, 0.3) is 0 Å². The maximum absolute atomic E-state index is 12.8. The van der Waals surface area contributed by atoms with Gasteiger partial charge >= 0.3 is 0 Å². The molecule has 1 aromatic carbocycles. The molecule has 2 rings (SSSR count). The summed E-state index contributed by atoms with van der Waals surface area (Å²) >= 11 is 0. The van der Waals surface area contributed by atoms with Crippen LogP contribution in [0, 0.1) is 6.92 Å². The molecule has 1 saturated heterocycles. The standard InChI is InChI=1S/C18H29N3O3S/c1-14-5-7-15(8-6-14)16(21(2)3)13-20-17(22)18(25(4,23)24)9-11-19-12-10-18/h5-8,16,19H,9-13H2,1-4H3,(H,20,22). The fourth-order valence-corrected chi connectivity index (χ4v) is 4.69. The summed E-state index contributed by atoms with van der Waals surface area (Å²) in [5.74, 6) is -0.379. The molecule has 0 spiro atoms. The molecule has 7 heteroatoms. The molecule has 0 saturated carbocycles. The van der Waals surface area contributed by atoms with Crippen molar-refractivity contribution in [2.24, 2.45) is 0 Å². The van der Waals surface area contributed by atoms with Gasteiger partial charge in [-0.05, 0) is 52.5 Å². The quantitative estimate of drug-likeness (QED) is 0.780. The smallest absolute Gasteiger partial charge is 0.241 e. The highest BCUT2D eigenvalue weighted by atomic mass is 32.2. The molecule has 25 heavy (non-hydrogen) atoms. The van der Waals surface area contributed by atoms with Crippen molar-refractivity contribution in [3.8, 4) is 0 Å². The van der Waals surface area contributed by atoms with E-state index in [4.69, 9.17) is 0 Å². The van der Waals surface area contributed by atoms with Gasteiger partial charge in [-0.15, -0.1) is 0 Å². The number of nitrogens with zero attached hydrogens (tertiary/aromatic N) is 1. The molecule has 6 nitrogen and oxygen atoms in total. The molecular weight excluding hydrogens is 338 g/mol. The molecule has 1 aromatic rings. The van der Waals surface area contributed by atoms with E-state index in [-0.39, 0.29) is 11.9 Å². The van der Waals surface area contributed by atoms with Crippen molar-refractivity contribution in [2.45, 2.75) is 30.6 Å². The lowest BCUT2D eigenvalue weighted by Crippen LogP contribution is -2.58. The highest BCUT2D eigenvalue weighted by Crippen LogP contribution is 2.28. The molecule has 2 N–H and O–H groups in total. The van der Waals surface area contributed by atoms with E-state index in [2.05, 4.69) is 10.6 Å². The Morgan fingerprint density at radius 2 is 1.80 bits per heavy atom. The summed E-state index contributed by atoms with van der Waals surface area (Å²) in [6.45, 7) is 3.48. The van der Waals surface area contributed by atoms with E-state index in [9.17, 15) is 13.2 Å². The molecule has 1 aliphatic rings. The van der Waals surface area contributed by atoms with Crippen LogP contribution >= 0.6 is 0 Å². The summed E-state index contributed by atoms with van der Waals surface area (Å²) in [4.78, 5) is 14.9. The summed E-state index contributed by atoms with van der Waals surface area (Å²) in [7, 11) is 0.413. The van der Waals surface area contributed by atoms with Crippen LogP contribution in [0.2, 0.25) is 0 Å². The highest BCUT2D eigenvalue weighted by Gasteiger charge is 2.48. The van der Waals surface area contributed by atoms with Gasteiger partial charge < -0.3 is 15.5 Å². The van der Waals surface area contributed by atoms with Gasteiger partial charge in [-0.3, -0.25) is 4.79 Å². The fourth-order valence-electron chi connectivity index (χ4n) is 3.33. The number of carbonyl (C=O) groups is 1. The molecule has 1 aliphatic heterocycles. The average Bonchev–Trinajstić information content (AvgIpc) is 2.55. The van der Waals surface area contributed by atoms with E-state index in [0.717, 1.165) is 5.56 Å². The van der Waals surface area contributed by atoms with Gasteiger partial charge in [0.1, 0.15) is 0 Å². The maximum Gasteiger partial charge on any atom is 0.241 e. The molecule has 0 aromatic heterocycles. The Hall–Kier alpha value is -1.44. The van der Waals surface area contributed by atoms with E-state index >= 15 is 0 Å². The first-order valence-electron chi connectivity index (χ1n) is 8.59. The summed E-state index contributed by atoms with van der Waals surface area (Å²) in [6.07, 6.45) is 1.80. The highest BCUT2D eigenvalue weighted by molar-refractivity contribution is 7.92. The molecular formula is C18H29N3O3S. The number of nitrogens with one attached hydrogen (secondary N) is 2. The van der Waals surface area contributed by atoms with Gasteiger partial charge in [0.25, 0.3) is 0 Å². The Kier molecular flexibility index (Phi) is 6.24. The zero-order chi connectivity index (χ0) is 18.7. The summed E-state index contributed by atoms with van der Waals surface area (Å²) < 4.78 is 23.4. The first-order chi connectivity index (χ1) is 11.7. The van der Waals surface area contributed by atoms with Crippen molar-refractivity contribution >= 4 is 15.7 Å². The number of benzene rings is 1. The lowest BCUT2D eigenvalue weighted by molar-refractivity contribution is -0.124. The first-order valence-corrected chi connectivity index (χ1v) is 10.5. The normalized spacial score (nSPS) is 18.8. The van der Waals surface area contributed by atoms with Crippen molar-refractivity contribution in [1.29, 1.82) is 0 Å². The van der Waals surface area contributed by atoms with Crippen molar-refractivity contribution < 1.29 is 13.2 Å². The van der Waals surface area contributed by atoms with Crippen molar-refractivity contribution in [3.63, 3.8) is 0 Å². The number of amides is 1. The largest absolute Gasteiger partial charge is 0.353 e. The molecule has 0 aliphatic carbocycles. The van der Waals surface area contributed by atoms with E-state index in [1.165, 1.54) is 11.8 Å². The Morgan fingerprint density at radius 1 is 1.24 bits per heavy atom. The number of hydrogen-bond acceptors (Lipinski definition) is 5. The Bertz CT molecular complexity index is 693. The van der Waals surface area contributed by atoms with Crippen molar-refractivity contribution in [3.05, 3.63) is 35.4 Å². The Morgan fingerprint density at radius 3 is 2.28 bits per heavy atom. The minimum absolute atomic E-state index is 0.0112. The van der Waals surface area contributed by atoms with E-state index < -0.39 is 14.6 Å². The number of rotatable bonds is 6. The molecule has 0 bridgehead atoms. The van der Waals surface area contributed by atoms with Gasteiger partial charge in [-0.1, -0.05) is 29.8 Å². The van der Waals surface area contributed by atoms with Crippen LogP contribution in [0.4, 0.5) is 0 Å². The maximum atomic E-state index is 12.8. The number of carbonyl (C=O) groups excluding carboxylic acids is 1. The number of piperidine rings is 1. The molecule has 1 amide bonds. The van der Waals surface area contributed by atoms with E-state index in [1.54, 1.807) is 0 Å². The third kappa shape index (κ3) is 4.40. The van der Waals surface area contributed by atoms with E-state index in [0.29, 0.717) is 32.5 Å². The monoisotopic (exact) mass is 367 g/mol. The van der Waals surface area contributed by atoms with Gasteiger partial charge in [0, 0.05) is 12.8 Å². The predicted molar refractivity (Wildman–Crippen MR) is 100 cm³/mol. The number of sulfone groups is 1. The minimum atomic E-state index is -3.49. The summed E-state index contributed by atoms with van der Waals surface area (Å²) in [5, 5.41) is 6.03. The topological polar surface area (TPSA) is 78.5 Å². The fraction of sp³-hybridized carbons (Fsp3) is 0.611. The second kappa shape index (κ2) is 7.85. The molecule has 1 heterocycles. The molecule has 1 fully saturated rings. The van der Waals surface area contributed by atoms with Crippen LogP contribution in [0.15, 0.2) is 24.3 Å². The second-order valence-corrected chi connectivity index (χ2v) is 9.44. The van der Waals surface area contributed by atoms with Crippen LogP contribution in [0.5, 0.6) is 0 Å². The van der Waals surface area contributed by atoms with Crippen molar-refractivity contribution in [2.75, 3.05) is 40.0 Å². The SMILES string of the molecule is Cc1ccc(C(CNC(=O)C2(S(C)(=O)=O)CCNCC2)N(C)C)cc1. The van der Waals surface area contributed by atoms with Gasteiger partial charge in [0.05, 0.1) is 6.04 Å². The van der Waals surface area contributed by atoms with Crippen LogP contribution in [0.3, 0.4) is 0 Å². The zero-order valence-corrected chi connectivity index (χ0v) is 16.3. The lowest BCUT2D eigenvalue weighted by atomic mass is 9.95. The summed E-state index contributed by atoms with van der Waals surface area (Å²) in [5.41, 5.74) is 2.27. The predicted octanol–water partition coefficient (Wildman–Crippen LogP) is 0.881. The first kappa shape index (κ1) is 19.9. The zero-order valence-electron chi connectivity index (χ0n) is 15.5. The molecule has 0 radical (unpaired) electrons. The third-order valence-corrected chi connectivity index (χ3v) is 7.09. The van der Waals surface area contributed by atoms with Gasteiger partial charge in [0.2, 0.25) is 5.91 Å². The van der Waals surface area contributed by atoms with Gasteiger partial charge in [-0.2, -0.15) is 0 Å². The molecule has 1 atom stereocenters. The van der Waals surface area contributed by atoms with Crippen molar-refractivity contribution in [1.82, 2.24) is 15.5 Å². The van der Waals surface area contributed by atoms with Gasteiger partial charge in [-0.25, -0.2) is 8.42 Å². The van der Waals surface area contributed by atoms with Crippen LogP contribution < -0.4 is 10.6 Å². The van der Waals surface area contributed by atoms with Crippen LogP contribution in [-0.2, 0) is 14.6 Å². The molecule has 1 unspecified atom stereocenters. The van der Waals surface area contributed by atoms with Crippen LogP contribution in [0.1, 0.15) is 30.0 Å².